The van der Waals surface area contributed by atoms with Crippen molar-refractivity contribution in [2.24, 2.45) is 17.8 Å². The highest BCUT2D eigenvalue weighted by Gasteiger charge is 2.45. The summed E-state index contributed by atoms with van der Waals surface area (Å²) in [6.07, 6.45) is 2.67. The van der Waals surface area contributed by atoms with Crippen LogP contribution in [-0.4, -0.2) is 121 Å². The van der Waals surface area contributed by atoms with Gasteiger partial charge in [-0.1, -0.05) is 34.1 Å². The number of amides is 3. The Bertz CT molecular complexity index is 946. The number of carbonyl (C=O) groups is 4. The highest BCUT2D eigenvalue weighted by Crippen LogP contribution is 2.30. The summed E-state index contributed by atoms with van der Waals surface area (Å²) in [5.74, 6) is -2.38. The Hall–Kier alpha value is -2.24. The van der Waals surface area contributed by atoms with Gasteiger partial charge in [-0.3, -0.25) is 24.1 Å². The Balaban J connectivity index is 2.28. The molecule has 2 fully saturated rings. The molecule has 0 aromatic carbocycles. The zero-order valence-corrected chi connectivity index (χ0v) is 27.5. The van der Waals surface area contributed by atoms with Gasteiger partial charge in [0, 0.05) is 27.8 Å². The quantitative estimate of drug-likeness (QED) is 0.295. The van der Waals surface area contributed by atoms with E-state index in [1.54, 1.807) is 30.9 Å². The average Bonchev–Trinajstić information content (AvgIpc) is 3.57. The molecule has 0 radical (unpaired) electrons. The van der Waals surface area contributed by atoms with Crippen LogP contribution >= 0.6 is 0 Å². The molecule has 11 heteroatoms. The Morgan fingerprint density at radius 2 is 1.71 bits per heavy atom. The normalized spacial score (nSPS) is 25.5. The number of carbonyl (C=O) groups excluding carboxylic acids is 3. The minimum atomic E-state index is -0.965. The average molecular weight is 597 g/mol. The predicted octanol–water partition coefficient (Wildman–Crippen LogP) is 2.62. The number of hydrogen-bond acceptors (Lipinski definition) is 7. The minimum Gasteiger partial charge on any atom is -0.481 e. The molecule has 2 aliphatic rings. The molecule has 0 bridgehead atoms. The van der Waals surface area contributed by atoms with E-state index in [1.165, 1.54) is 7.11 Å². The van der Waals surface area contributed by atoms with Gasteiger partial charge >= 0.3 is 5.97 Å². The van der Waals surface area contributed by atoms with Crippen molar-refractivity contribution < 1.29 is 33.8 Å². The van der Waals surface area contributed by atoms with E-state index in [1.807, 2.05) is 46.6 Å². The van der Waals surface area contributed by atoms with Crippen LogP contribution in [0.1, 0.15) is 80.1 Å². The molecule has 42 heavy (non-hydrogen) atoms. The number of rotatable bonds is 15. The molecule has 2 saturated heterocycles. The van der Waals surface area contributed by atoms with Gasteiger partial charge in [-0.15, -0.1) is 0 Å². The lowest BCUT2D eigenvalue weighted by molar-refractivity contribution is -0.152. The SMILES string of the molecule is CCC(C)C(C(CC(=O)N1CCCC1C(OC)C(C)C(=O)O)OC)N(C)C(=O)C(NC(=O)C1(C)CCCN1C)C(C)C. The number of carboxylic acid groups (broad SMARTS) is 1. The Labute approximate surface area is 252 Å². The Morgan fingerprint density at radius 3 is 2.19 bits per heavy atom. The van der Waals surface area contributed by atoms with Gasteiger partial charge in [0.1, 0.15) is 6.04 Å². The van der Waals surface area contributed by atoms with E-state index in [0.29, 0.717) is 13.0 Å². The predicted molar refractivity (Wildman–Crippen MR) is 161 cm³/mol. The van der Waals surface area contributed by atoms with E-state index in [4.69, 9.17) is 9.47 Å². The first-order valence-corrected chi connectivity index (χ1v) is 15.5. The Kier molecular flexibility index (Phi) is 13.2. The smallest absolute Gasteiger partial charge is 0.308 e. The van der Waals surface area contributed by atoms with Crippen molar-refractivity contribution in [3.8, 4) is 0 Å². The molecular weight excluding hydrogens is 540 g/mol. The fraction of sp³-hybridized carbons (Fsp3) is 0.871. The molecule has 2 heterocycles. The summed E-state index contributed by atoms with van der Waals surface area (Å²) in [4.78, 5) is 58.3. The zero-order chi connectivity index (χ0) is 31.9. The second-order valence-electron chi connectivity index (χ2n) is 12.9. The van der Waals surface area contributed by atoms with E-state index in [2.05, 4.69) is 5.32 Å². The largest absolute Gasteiger partial charge is 0.481 e. The summed E-state index contributed by atoms with van der Waals surface area (Å²) in [7, 11) is 6.70. The van der Waals surface area contributed by atoms with Crippen LogP contribution in [0.3, 0.4) is 0 Å². The van der Waals surface area contributed by atoms with Gasteiger partial charge in [0.25, 0.3) is 0 Å². The van der Waals surface area contributed by atoms with Crippen LogP contribution in [0.5, 0.6) is 0 Å². The molecule has 11 nitrogen and oxygen atoms in total. The van der Waals surface area contributed by atoms with Crippen molar-refractivity contribution in [1.82, 2.24) is 20.0 Å². The topological polar surface area (TPSA) is 129 Å². The van der Waals surface area contributed by atoms with Gasteiger partial charge in [-0.05, 0) is 65.0 Å². The molecule has 2 N–H and O–H groups in total. The van der Waals surface area contributed by atoms with E-state index in [9.17, 15) is 24.3 Å². The maximum absolute atomic E-state index is 14.0. The zero-order valence-electron chi connectivity index (χ0n) is 27.5. The van der Waals surface area contributed by atoms with Crippen LogP contribution in [0.4, 0.5) is 0 Å². The van der Waals surface area contributed by atoms with Gasteiger partial charge in [-0.25, -0.2) is 0 Å². The van der Waals surface area contributed by atoms with Gasteiger partial charge < -0.3 is 29.7 Å². The number of ether oxygens (including phenoxy) is 2. The van der Waals surface area contributed by atoms with Gasteiger partial charge in [0.05, 0.1) is 42.2 Å². The number of likely N-dealkylation sites (N-methyl/N-ethyl adjacent to an activating group) is 2. The number of likely N-dealkylation sites (tertiary alicyclic amines) is 2. The fourth-order valence-electron chi connectivity index (χ4n) is 6.71. The van der Waals surface area contributed by atoms with Crippen LogP contribution in [0.2, 0.25) is 0 Å². The van der Waals surface area contributed by atoms with Crippen molar-refractivity contribution in [2.75, 3.05) is 41.4 Å². The van der Waals surface area contributed by atoms with Crippen LogP contribution in [0.25, 0.3) is 0 Å². The lowest BCUT2D eigenvalue weighted by Crippen LogP contribution is -2.61. The number of nitrogens with one attached hydrogen (secondary N) is 1. The highest BCUT2D eigenvalue weighted by molar-refractivity contribution is 5.92. The first-order valence-electron chi connectivity index (χ1n) is 15.5. The summed E-state index contributed by atoms with van der Waals surface area (Å²) >= 11 is 0. The molecular formula is C31H56N4O7. The molecule has 0 aromatic rings. The summed E-state index contributed by atoms with van der Waals surface area (Å²) in [6, 6.07) is -1.49. The fourth-order valence-corrected chi connectivity index (χ4v) is 6.71. The summed E-state index contributed by atoms with van der Waals surface area (Å²) in [5.41, 5.74) is -0.659. The van der Waals surface area contributed by atoms with E-state index in [0.717, 1.165) is 32.2 Å². The summed E-state index contributed by atoms with van der Waals surface area (Å²) in [5, 5.41) is 12.6. The van der Waals surface area contributed by atoms with Crippen molar-refractivity contribution in [2.45, 2.75) is 116 Å². The van der Waals surface area contributed by atoms with Crippen LogP contribution in [-0.2, 0) is 28.7 Å². The van der Waals surface area contributed by atoms with E-state index in [-0.39, 0.29) is 42.0 Å². The summed E-state index contributed by atoms with van der Waals surface area (Å²) in [6.45, 7) is 12.8. The maximum Gasteiger partial charge on any atom is 0.308 e. The second kappa shape index (κ2) is 15.5. The second-order valence-corrected chi connectivity index (χ2v) is 12.9. The molecule has 8 atom stereocenters. The van der Waals surface area contributed by atoms with Crippen molar-refractivity contribution >= 4 is 23.7 Å². The molecule has 0 spiro atoms. The number of nitrogens with zero attached hydrogens (tertiary/aromatic N) is 3. The molecule has 0 aromatic heterocycles. The molecule has 2 aliphatic heterocycles. The van der Waals surface area contributed by atoms with Gasteiger partial charge in [0.2, 0.25) is 17.7 Å². The third-order valence-electron chi connectivity index (χ3n) is 9.94. The molecule has 3 amide bonds. The number of carboxylic acids is 1. The summed E-state index contributed by atoms with van der Waals surface area (Å²) < 4.78 is 11.5. The number of hydrogen-bond donors (Lipinski definition) is 2. The van der Waals surface area contributed by atoms with Crippen LogP contribution in [0.15, 0.2) is 0 Å². The van der Waals surface area contributed by atoms with E-state index < -0.39 is 41.7 Å². The van der Waals surface area contributed by atoms with E-state index >= 15 is 0 Å². The third-order valence-corrected chi connectivity index (χ3v) is 9.94. The molecule has 0 saturated carbocycles. The number of aliphatic carboxylic acids is 1. The first kappa shape index (κ1) is 36.0. The Morgan fingerprint density at radius 1 is 1.07 bits per heavy atom. The van der Waals surface area contributed by atoms with Crippen LogP contribution < -0.4 is 5.32 Å². The molecule has 2 rings (SSSR count). The first-order chi connectivity index (χ1) is 19.7. The van der Waals surface area contributed by atoms with Crippen molar-refractivity contribution in [1.29, 1.82) is 0 Å². The van der Waals surface area contributed by atoms with Gasteiger partial charge in [-0.2, -0.15) is 0 Å². The standard InChI is InChI=1S/C31H56N4O7/c1-11-20(4)26(34(8)28(37)25(19(2)3)32-30(40)31(6)15-13-16-33(31)7)23(41-9)18-24(36)35-17-12-14-22(35)27(42-10)21(5)29(38)39/h19-23,25-27H,11-18H2,1-10H3,(H,32,40)(H,38,39). The lowest BCUT2D eigenvalue weighted by atomic mass is 9.89. The third kappa shape index (κ3) is 7.82. The van der Waals surface area contributed by atoms with Gasteiger partial charge in [0.15, 0.2) is 0 Å². The lowest BCUT2D eigenvalue weighted by Gasteiger charge is -2.41. The number of methoxy groups -OCH3 is 2. The monoisotopic (exact) mass is 596 g/mol. The van der Waals surface area contributed by atoms with Crippen molar-refractivity contribution in [3.63, 3.8) is 0 Å². The molecule has 8 unspecified atom stereocenters. The van der Waals surface area contributed by atoms with Crippen LogP contribution in [0, 0.1) is 17.8 Å². The maximum atomic E-state index is 14.0. The molecule has 242 valence electrons. The van der Waals surface area contributed by atoms with Crippen molar-refractivity contribution in [3.05, 3.63) is 0 Å². The highest BCUT2D eigenvalue weighted by atomic mass is 16.5. The minimum absolute atomic E-state index is 0.00632. The molecule has 0 aliphatic carbocycles.